The van der Waals surface area contributed by atoms with Gasteiger partial charge in [-0.15, -0.1) is 0 Å². The van der Waals surface area contributed by atoms with Crippen LogP contribution in [0.25, 0.3) is 10.9 Å². The van der Waals surface area contributed by atoms with Crippen molar-refractivity contribution in [2.45, 2.75) is 33.2 Å². The molecule has 0 N–H and O–H groups in total. The molecule has 0 atom stereocenters. The number of rotatable bonds is 2. The van der Waals surface area contributed by atoms with E-state index >= 15 is 0 Å². The first-order valence-corrected chi connectivity index (χ1v) is 8.47. The smallest absolute Gasteiger partial charge is 0.256 e. The number of hydrogen-bond donors (Lipinski definition) is 0. The van der Waals surface area contributed by atoms with E-state index in [1.165, 1.54) is 0 Å². The summed E-state index contributed by atoms with van der Waals surface area (Å²) in [6.07, 6.45) is 4.24. The summed E-state index contributed by atoms with van der Waals surface area (Å²) in [7, 11) is 0. The minimum Gasteiger partial charge on any atom is -0.347 e. The van der Waals surface area contributed by atoms with Crippen LogP contribution < -0.4 is 0 Å². The maximum absolute atomic E-state index is 12.8. The van der Waals surface area contributed by atoms with E-state index in [0.717, 1.165) is 59.3 Å². The molecule has 1 fully saturated rings. The van der Waals surface area contributed by atoms with Gasteiger partial charge < -0.3 is 9.47 Å². The molecule has 1 aromatic heterocycles. The first-order valence-electron chi connectivity index (χ1n) is 7.67. The van der Waals surface area contributed by atoms with E-state index in [1.54, 1.807) is 0 Å². The van der Waals surface area contributed by atoms with Crippen molar-refractivity contribution in [2.75, 3.05) is 13.1 Å². The molecule has 0 spiro atoms. The minimum atomic E-state index is 0.182. The summed E-state index contributed by atoms with van der Waals surface area (Å²) in [5.41, 5.74) is 1.97. The van der Waals surface area contributed by atoms with Gasteiger partial charge in [0.1, 0.15) is 0 Å². The molecule has 0 radical (unpaired) electrons. The van der Waals surface area contributed by atoms with E-state index in [9.17, 15) is 4.79 Å². The highest BCUT2D eigenvalue weighted by Gasteiger charge is 2.24. The zero-order valence-corrected chi connectivity index (χ0v) is 14.2. The standard InChI is InChI=1S/C17H21BrN2O/c1-3-19-11-15(14-5-4-13(18)10-16(14)19)17(21)20-8-6-12(2)7-9-20/h4-5,10-12H,3,6-9H2,1-2H3. The normalized spacial score (nSPS) is 16.6. The van der Waals surface area contributed by atoms with E-state index in [4.69, 9.17) is 0 Å². The lowest BCUT2D eigenvalue weighted by molar-refractivity contribution is 0.0699. The van der Waals surface area contributed by atoms with Crippen molar-refractivity contribution >= 4 is 32.7 Å². The maximum Gasteiger partial charge on any atom is 0.256 e. The second-order valence-electron chi connectivity index (χ2n) is 5.96. The average molecular weight is 349 g/mol. The van der Waals surface area contributed by atoms with Crippen molar-refractivity contribution in [1.82, 2.24) is 9.47 Å². The Morgan fingerprint density at radius 2 is 2.05 bits per heavy atom. The molecule has 1 amide bonds. The predicted octanol–water partition coefficient (Wildman–Crippen LogP) is 4.30. The van der Waals surface area contributed by atoms with Crippen LogP contribution in [0.15, 0.2) is 28.9 Å². The number of nitrogens with zero attached hydrogens (tertiary/aromatic N) is 2. The highest BCUT2D eigenvalue weighted by molar-refractivity contribution is 9.10. The van der Waals surface area contributed by atoms with Crippen molar-refractivity contribution < 1.29 is 4.79 Å². The van der Waals surface area contributed by atoms with Crippen LogP contribution >= 0.6 is 15.9 Å². The molecular formula is C17H21BrN2O. The molecule has 4 heteroatoms. The van der Waals surface area contributed by atoms with Gasteiger partial charge in [0.15, 0.2) is 0 Å². The van der Waals surface area contributed by atoms with Gasteiger partial charge >= 0.3 is 0 Å². The van der Waals surface area contributed by atoms with Gasteiger partial charge in [-0.05, 0) is 37.8 Å². The SMILES string of the molecule is CCn1cc(C(=O)N2CCC(C)CC2)c2ccc(Br)cc21. The van der Waals surface area contributed by atoms with Crippen molar-refractivity contribution in [1.29, 1.82) is 0 Å². The molecule has 1 aliphatic heterocycles. The number of carbonyl (C=O) groups is 1. The monoisotopic (exact) mass is 348 g/mol. The van der Waals surface area contributed by atoms with Crippen LogP contribution in [0.5, 0.6) is 0 Å². The molecule has 2 aromatic rings. The van der Waals surface area contributed by atoms with Crippen molar-refractivity contribution in [3.05, 3.63) is 34.4 Å². The number of amides is 1. The lowest BCUT2D eigenvalue weighted by Gasteiger charge is -2.30. The third kappa shape index (κ3) is 2.73. The van der Waals surface area contributed by atoms with Crippen molar-refractivity contribution in [3.8, 4) is 0 Å². The fourth-order valence-corrected chi connectivity index (χ4v) is 3.43. The van der Waals surface area contributed by atoms with Crippen LogP contribution in [0, 0.1) is 5.92 Å². The van der Waals surface area contributed by atoms with E-state index in [1.807, 2.05) is 23.2 Å². The van der Waals surface area contributed by atoms with Crippen LogP contribution in [0.1, 0.15) is 37.0 Å². The van der Waals surface area contributed by atoms with E-state index in [-0.39, 0.29) is 5.91 Å². The molecular weight excluding hydrogens is 328 g/mol. The van der Waals surface area contributed by atoms with E-state index in [2.05, 4.69) is 40.4 Å². The third-order valence-electron chi connectivity index (χ3n) is 4.49. The molecule has 112 valence electrons. The number of likely N-dealkylation sites (tertiary alicyclic amines) is 1. The molecule has 1 aromatic carbocycles. The number of hydrogen-bond acceptors (Lipinski definition) is 1. The van der Waals surface area contributed by atoms with Gasteiger partial charge in [-0.25, -0.2) is 0 Å². The van der Waals surface area contributed by atoms with Gasteiger partial charge in [0.2, 0.25) is 0 Å². The Morgan fingerprint density at radius 1 is 1.33 bits per heavy atom. The summed E-state index contributed by atoms with van der Waals surface area (Å²) in [6, 6.07) is 6.15. The van der Waals surface area contributed by atoms with Crippen molar-refractivity contribution in [2.24, 2.45) is 5.92 Å². The predicted molar refractivity (Wildman–Crippen MR) is 89.6 cm³/mol. The second-order valence-corrected chi connectivity index (χ2v) is 6.88. The Labute approximate surface area is 134 Å². The Morgan fingerprint density at radius 3 is 2.71 bits per heavy atom. The summed E-state index contributed by atoms with van der Waals surface area (Å²) in [5.74, 6) is 0.920. The van der Waals surface area contributed by atoms with Crippen LogP contribution in [0.3, 0.4) is 0 Å². The average Bonchev–Trinajstić information content (AvgIpc) is 2.85. The summed E-state index contributed by atoms with van der Waals surface area (Å²) < 4.78 is 3.20. The number of benzene rings is 1. The number of halogens is 1. The Kier molecular flexibility index (Phi) is 4.07. The topological polar surface area (TPSA) is 25.2 Å². The van der Waals surface area contributed by atoms with E-state index in [0.29, 0.717) is 0 Å². The molecule has 0 aliphatic carbocycles. The molecule has 2 heterocycles. The lowest BCUT2D eigenvalue weighted by Crippen LogP contribution is -2.37. The lowest BCUT2D eigenvalue weighted by atomic mass is 9.98. The molecule has 0 bridgehead atoms. The van der Waals surface area contributed by atoms with Gasteiger partial charge in [-0.1, -0.05) is 28.9 Å². The minimum absolute atomic E-state index is 0.182. The van der Waals surface area contributed by atoms with Crippen LogP contribution in [0.2, 0.25) is 0 Å². The van der Waals surface area contributed by atoms with Gasteiger partial charge in [0.25, 0.3) is 5.91 Å². The fourth-order valence-electron chi connectivity index (χ4n) is 3.08. The number of carbonyl (C=O) groups excluding carboxylic acids is 1. The zero-order valence-electron chi connectivity index (χ0n) is 12.6. The Hall–Kier alpha value is -1.29. The summed E-state index contributed by atoms with van der Waals surface area (Å²) in [4.78, 5) is 14.8. The van der Waals surface area contributed by atoms with Crippen LogP contribution in [0.4, 0.5) is 0 Å². The first-order chi connectivity index (χ1) is 10.1. The molecule has 3 rings (SSSR count). The fraction of sp³-hybridized carbons (Fsp3) is 0.471. The van der Waals surface area contributed by atoms with Gasteiger partial charge in [-0.3, -0.25) is 4.79 Å². The maximum atomic E-state index is 12.8. The Balaban J connectivity index is 1.98. The van der Waals surface area contributed by atoms with Gasteiger partial charge in [-0.2, -0.15) is 0 Å². The quantitative estimate of drug-likeness (QED) is 0.794. The molecule has 1 aliphatic rings. The highest BCUT2D eigenvalue weighted by Crippen LogP contribution is 2.27. The Bertz CT molecular complexity index is 669. The molecule has 21 heavy (non-hydrogen) atoms. The zero-order chi connectivity index (χ0) is 15.0. The second kappa shape index (κ2) is 5.84. The number of piperidine rings is 1. The molecule has 0 saturated carbocycles. The van der Waals surface area contributed by atoms with Crippen LogP contribution in [-0.4, -0.2) is 28.5 Å². The molecule has 1 saturated heterocycles. The summed E-state index contributed by atoms with van der Waals surface area (Å²) in [5, 5.41) is 1.06. The first kappa shape index (κ1) is 14.6. The van der Waals surface area contributed by atoms with Crippen molar-refractivity contribution in [3.63, 3.8) is 0 Å². The van der Waals surface area contributed by atoms with Gasteiger partial charge in [0.05, 0.1) is 5.56 Å². The van der Waals surface area contributed by atoms with Crippen LogP contribution in [-0.2, 0) is 6.54 Å². The van der Waals surface area contributed by atoms with Gasteiger partial charge in [0, 0.05) is 41.2 Å². The number of aromatic nitrogens is 1. The van der Waals surface area contributed by atoms with E-state index < -0.39 is 0 Å². The largest absolute Gasteiger partial charge is 0.347 e. The molecule has 3 nitrogen and oxygen atoms in total. The molecule has 0 unspecified atom stereocenters. The number of fused-ring (bicyclic) bond motifs is 1. The summed E-state index contributed by atoms with van der Waals surface area (Å²) >= 11 is 3.52. The highest BCUT2D eigenvalue weighted by atomic mass is 79.9. The third-order valence-corrected chi connectivity index (χ3v) is 4.98. The number of aryl methyl sites for hydroxylation is 1. The summed E-state index contributed by atoms with van der Waals surface area (Å²) in [6.45, 7) is 7.02.